The summed E-state index contributed by atoms with van der Waals surface area (Å²) in [5, 5.41) is 13.1. The molecule has 0 spiro atoms. The van der Waals surface area contributed by atoms with Crippen LogP contribution in [0.25, 0.3) is 0 Å². The van der Waals surface area contributed by atoms with Gasteiger partial charge in [-0.15, -0.1) is 0 Å². The van der Waals surface area contributed by atoms with Crippen LogP contribution >= 0.6 is 0 Å². The van der Waals surface area contributed by atoms with Crippen molar-refractivity contribution in [3.8, 4) is 6.07 Å². The van der Waals surface area contributed by atoms with E-state index in [1.807, 2.05) is 6.07 Å². The van der Waals surface area contributed by atoms with Gasteiger partial charge < -0.3 is 9.42 Å². The number of ketones is 1. The van der Waals surface area contributed by atoms with Gasteiger partial charge in [0.2, 0.25) is 5.89 Å². The zero-order valence-electron chi connectivity index (χ0n) is 13.8. The summed E-state index contributed by atoms with van der Waals surface area (Å²) in [6, 6.07) is 7.46. The first-order valence-electron chi connectivity index (χ1n) is 7.88. The van der Waals surface area contributed by atoms with Crippen molar-refractivity contribution in [2.75, 3.05) is 31.1 Å². The van der Waals surface area contributed by atoms with Gasteiger partial charge in [-0.1, -0.05) is 5.16 Å². The number of benzene rings is 1. The lowest BCUT2D eigenvalue weighted by molar-refractivity contribution is 0.101. The van der Waals surface area contributed by atoms with Crippen molar-refractivity contribution in [2.45, 2.75) is 20.4 Å². The summed E-state index contributed by atoms with van der Waals surface area (Å²) in [6.07, 6.45) is 0. The van der Waals surface area contributed by atoms with E-state index in [1.54, 1.807) is 19.1 Å². The van der Waals surface area contributed by atoms with Gasteiger partial charge in [-0.25, -0.2) is 0 Å². The minimum absolute atomic E-state index is 0.00568. The van der Waals surface area contributed by atoms with Gasteiger partial charge in [0.15, 0.2) is 11.6 Å². The highest BCUT2D eigenvalue weighted by molar-refractivity contribution is 5.95. The second-order valence-electron chi connectivity index (χ2n) is 5.90. The Balaban J connectivity index is 1.69. The van der Waals surface area contributed by atoms with Crippen LogP contribution in [0.5, 0.6) is 0 Å². The van der Waals surface area contributed by atoms with Crippen molar-refractivity contribution in [2.24, 2.45) is 0 Å². The van der Waals surface area contributed by atoms with Crippen LogP contribution in [0, 0.1) is 18.3 Å². The van der Waals surface area contributed by atoms with Crippen molar-refractivity contribution in [1.29, 1.82) is 5.26 Å². The Kier molecular flexibility index (Phi) is 4.58. The second kappa shape index (κ2) is 6.81. The standard InChI is InChI=1S/C17H19N5O2/c1-12(23)14-3-4-15(10-18)16(9-14)22-7-5-21(6-8-22)11-17-19-13(2)20-24-17/h3-4,9H,5-8,11H2,1-2H3. The summed E-state index contributed by atoms with van der Waals surface area (Å²) in [4.78, 5) is 20.2. The molecule has 1 fully saturated rings. The molecule has 1 aromatic carbocycles. The van der Waals surface area contributed by atoms with Gasteiger partial charge in [-0.3, -0.25) is 9.69 Å². The van der Waals surface area contributed by atoms with Crippen molar-refractivity contribution in [1.82, 2.24) is 15.0 Å². The summed E-state index contributed by atoms with van der Waals surface area (Å²) >= 11 is 0. The summed E-state index contributed by atoms with van der Waals surface area (Å²) in [5.74, 6) is 1.27. The molecule has 0 bridgehead atoms. The monoisotopic (exact) mass is 325 g/mol. The van der Waals surface area contributed by atoms with Gasteiger partial charge in [0.25, 0.3) is 0 Å². The second-order valence-corrected chi connectivity index (χ2v) is 5.90. The Morgan fingerprint density at radius 3 is 2.67 bits per heavy atom. The number of aryl methyl sites for hydroxylation is 1. The number of aromatic nitrogens is 2. The normalized spacial score (nSPS) is 15.3. The Morgan fingerprint density at radius 1 is 1.33 bits per heavy atom. The van der Waals surface area contributed by atoms with Crippen LogP contribution in [0.3, 0.4) is 0 Å². The number of nitriles is 1. The molecule has 1 aliphatic rings. The predicted octanol–water partition coefficient (Wildman–Crippen LogP) is 1.77. The van der Waals surface area contributed by atoms with Gasteiger partial charge in [-0.05, 0) is 32.0 Å². The smallest absolute Gasteiger partial charge is 0.240 e. The molecular formula is C17H19N5O2. The molecule has 0 unspecified atom stereocenters. The number of carbonyl (C=O) groups is 1. The fourth-order valence-corrected chi connectivity index (χ4v) is 2.85. The first kappa shape index (κ1) is 16.1. The molecule has 7 heteroatoms. The number of piperazine rings is 1. The summed E-state index contributed by atoms with van der Waals surface area (Å²) in [5.41, 5.74) is 2.06. The Bertz CT molecular complexity index is 785. The Morgan fingerprint density at radius 2 is 2.08 bits per heavy atom. The lowest BCUT2D eigenvalue weighted by atomic mass is 10.1. The van der Waals surface area contributed by atoms with Crippen LogP contribution in [-0.2, 0) is 6.54 Å². The first-order valence-corrected chi connectivity index (χ1v) is 7.88. The number of anilines is 1. The number of Topliss-reactive ketones (excluding diaryl/α,β-unsaturated/α-hetero) is 1. The van der Waals surface area contributed by atoms with E-state index in [1.165, 1.54) is 6.92 Å². The molecule has 0 saturated carbocycles. The molecule has 1 saturated heterocycles. The molecule has 1 aromatic heterocycles. The van der Waals surface area contributed by atoms with Crippen molar-refractivity contribution in [3.05, 3.63) is 41.0 Å². The lowest BCUT2D eigenvalue weighted by Gasteiger charge is -2.35. The fourth-order valence-electron chi connectivity index (χ4n) is 2.85. The van der Waals surface area contributed by atoms with Crippen molar-refractivity contribution >= 4 is 11.5 Å². The summed E-state index contributed by atoms with van der Waals surface area (Å²) in [7, 11) is 0. The largest absolute Gasteiger partial charge is 0.368 e. The van der Waals surface area contributed by atoms with Crippen LogP contribution in [-0.4, -0.2) is 47.0 Å². The van der Waals surface area contributed by atoms with E-state index in [4.69, 9.17) is 4.52 Å². The maximum atomic E-state index is 11.6. The van der Waals surface area contributed by atoms with Crippen molar-refractivity contribution < 1.29 is 9.32 Å². The molecule has 3 rings (SSSR count). The first-order chi connectivity index (χ1) is 11.6. The van der Waals surface area contributed by atoms with E-state index in [0.717, 1.165) is 31.9 Å². The van der Waals surface area contributed by atoms with Crippen LogP contribution in [0.4, 0.5) is 5.69 Å². The van der Waals surface area contributed by atoms with E-state index in [2.05, 4.69) is 26.0 Å². The fraction of sp³-hybridized carbons (Fsp3) is 0.412. The Hall–Kier alpha value is -2.72. The maximum absolute atomic E-state index is 11.6. The van der Waals surface area contributed by atoms with E-state index >= 15 is 0 Å². The molecule has 0 aliphatic carbocycles. The Labute approximate surface area is 140 Å². The van der Waals surface area contributed by atoms with Gasteiger partial charge in [0, 0.05) is 31.7 Å². The molecule has 0 atom stereocenters. The average Bonchev–Trinajstić information content (AvgIpc) is 3.00. The summed E-state index contributed by atoms with van der Waals surface area (Å²) in [6.45, 7) is 7.19. The lowest BCUT2D eigenvalue weighted by Crippen LogP contribution is -2.46. The quantitative estimate of drug-likeness (QED) is 0.792. The topological polar surface area (TPSA) is 86.3 Å². The van der Waals surface area contributed by atoms with E-state index in [0.29, 0.717) is 29.4 Å². The summed E-state index contributed by atoms with van der Waals surface area (Å²) < 4.78 is 5.16. The van der Waals surface area contributed by atoms with Crippen LogP contribution < -0.4 is 4.90 Å². The number of rotatable bonds is 4. The molecule has 2 heterocycles. The molecule has 0 amide bonds. The molecule has 7 nitrogen and oxygen atoms in total. The van der Waals surface area contributed by atoms with E-state index in [-0.39, 0.29) is 5.78 Å². The van der Waals surface area contributed by atoms with E-state index in [9.17, 15) is 10.1 Å². The molecule has 124 valence electrons. The maximum Gasteiger partial charge on any atom is 0.240 e. The minimum Gasteiger partial charge on any atom is -0.368 e. The molecule has 1 aliphatic heterocycles. The third-order valence-corrected chi connectivity index (χ3v) is 4.17. The van der Waals surface area contributed by atoms with Crippen LogP contribution in [0.2, 0.25) is 0 Å². The third-order valence-electron chi connectivity index (χ3n) is 4.17. The predicted molar refractivity (Wildman–Crippen MR) is 87.7 cm³/mol. The zero-order valence-corrected chi connectivity index (χ0v) is 13.8. The molecular weight excluding hydrogens is 306 g/mol. The van der Waals surface area contributed by atoms with Gasteiger partial charge in [-0.2, -0.15) is 10.2 Å². The molecule has 0 N–H and O–H groups in total. The highest BCUT2D eigenvalue weighted by Crippen LogP contribution is 2.24. The van der Waals surface area contributed by atoms with E-state index < -0.39 is 0 Å². The number of hydrogen-bond donors (Lipinski definition) is 0. The van der Waals surface area contributed by atoms with Crippen molar-refractivity contribution in [3.63, 3.8) is 0 Å². The van der Waals surface area contributed by atoms with Crippen LogP contribution in [0.15, 0.2) is 22.7 Å². The highest BCUT2D eigenvalue weighted by atomic mass is 16.5. The minimum atomic E-state index is 0.00568. The van der Waals surface area contributed by atoms with Gasteiger partial charge >= 0.3 is 0 Å². The van der Waals surface area contributed by atoms with Crippen LogP contribution in [0.1, 0.15) is 34.6 Å². The highest BCUT2D eigenvalue weighted by Gasteiger charge is 2.21. The third kappa shape index (κ3) is 3.44. The molecule has 2 aromatic rings. The van der Waals surface area contributed by atoms with Gasteiger partial charge in [0.05, 0.1) is 17.8 Å². The number of carbonyl (C=O) groups excluding carboxylic acids is 1. The zero-order chi connectivity index (χ0) is 17.1. The SMILES string of the molecule is CC(=O)c1ccc(C#N)c(N2CCN(Cc3nc(C)no3)CC2)c1. The molecule has 24 heavy (non-hydrogen) atoms. The number of nitrogens with zero attached hydrogens (tertiary/aromatic N) is 5. The van der Waals surface area contributed by atoms with Gasteiger partial charge in [0.1, 0.15) is 6.07 Å². The average molecular weight is 325 g/mol. The molecule has 0 radical (unpaired) electrons. The number of hydrogen-bond acceptors (Lipinski definition) is 7.